The maximum Gasteiger partial charge on any atom is 0.290 e. The van der Waals surface area contributed by atoms with Crippen molar-refractivity contribution in [3.63, 3.8) is 0 Å². The van der Waals surface area contributed by atoms with E-state index in [1.807, 2.05) is 26.8 Å². The molecule has 0 aromatic rings. The molecule has 1 amide bonds. The Hall–Kier alpha value is -0.940. The molecule has 0 spiro atoms. The van der Waals surface area contributed by atoms with Crippen LogP contribution in [0.2, 0.25) is 0 Å². The minimum absolute atomic E-state index is 0.0706. The standard InChI is InChI=1S/C8H13N3OS/c1-8(2,3)4-5-6(12)11(9)7(13)10-5/h4H,9H2,1-3H3,(H,10,13)/b5-4-. The van der Waals surface area contributed by atoms with Crippen molar-refractivity contribution in [3.8, 4) is 0 Å². The van der Waals surface area contributed by atoms with Crippen molar-refractivity contribution in [2.75, 3.05) is 0 Å². The van der Waals surface area contributed by atoms with Gasteiger partial charge in [0.2, 0.25) is 0 Å². The molecule has 5 heteroatoms. The molecular formula is C8H13N3OS. The average Bonchev–Trinajstić information content (AvgIpc) is 2.15. The second-order valence-electron chi connectivity index (χ2n) is 4.03. The van der Waals surface area contributed by atoms with E-state index in [1.165, 1.54) is 0 Å². The van der Waals surface area contributed by atoms with E-state index in [4.69, 9.17) is 18.1 Å². The Labute approximate surface area is 82.7 Å². The maximum absolute atomic E-state index is 11.4. The van der Waals surface area contributed by atoms with E-state index in [9.17, 15) is 4.79 Å². The third-order valence-corrected chi connectivity index (χ3v) is 1.79. The number of nitrogens with two attached hydrogens (primary N) is 1. The number of rotatable bonds is 0. The summed E-state index contributed by atoms with van der Waals surface area (Å²) in [5.41, 5.74) is 0.388. The van der Waals surface area contributed by atoms with Crippen molar-refractivity contribution in [1.82, 2.24) is 10.3 Å². The van der Waals surface area contributed by atoms with E-state index in [1.54, 1.807) is 0 Å². The number of nitrogens with one attached hydrogen (secondary N) is 1. The van der Waals surface area contributed by atoms with Gasteiger partial charge in [0.25, 0.3) is 5.91 Å². The van der Waals surface area contributed by atoms with Crippen LogP contribution in [-0.2, 0) is 4.79 Å². The number of allylic oxidation sites excluding steroid dienone is 1. The number of amides is 1. The van der Waals surface area contributed by atoms with Gasteiger partial charge in [-0.3, -0.25) is 4.79 Å². The molecule has 13 heavy (non-hydrogen) atoms. The first-order valence-corrected chi connectivity index (χ1v) is 4.35. The van der Waals surface area contributed by atoms with Gasteiger partial charge in [-0.05, 0) is 23.7 Å². The van der Waals surface area contributed by atoms with Crippen LogP contribution in [0, 0.1) is 5.41 Å². The van der Waals surface area contributed by atoms with Crippen LogP contribution in [0.5, 0.6) is 0 Å². The van der Waals surface area contributed by atoms with E-state index < -0.39 is 0 Å². The fraction of sp³-hybridized carbons (Fsp3) is 0.500. The predicted molar refractivity (Wildman–Crippen MR) is 54.3 cm³/mol. The van der Waals surface area contributed by atoms with Gasteiger partial charge in [0, 0.05) is 0 Å². The topological polar surface area (TPSA) is 58.4 Å². The van der Waals surface area contributed by atoms with Crippen LogP contribution in [0.15, 0.2) is 11.8 Å². The van der Waals surface area contributed by atoms with Gasteiger partial charge in [0.15, 0.2) is 5.11 Å². The number of hydrazine groups is 1. The summed E-state index contributed by atoms with van der Waals surface area (Å²) < 4.78 is 0. The highest BCUT2D eigenvalue weighted by Gasteiger charge is 2.29. The summed E-state index contributed by atoms with van der Waals surface area (Å²) in [5, 5.41) is 3.94. The lowest BCUT2D eigenvalue weighted by Gasteiger charge is -2.12. The quantitative estimate of drug-likeness (QED) is 0.258. The second-order valence-corrected chi connectivity index (χ2v) is 4.42. The smallest absolute Gasteiger partial charge is 0.290 e. The molecule has 0 atom stereocenters. The van der Waals surface area contributed by atoms with Crippen molar-refractivity contribution in [3.05, 3.63) is 11.8 Å². The first-order valence-electron chi connectivity index (χ1n) is 3.94. The van der Waals surface area contributed by atoms with Crippen LogP contribution in [-0.4, -0.2) is 16.0 Å². The van der Waals surface area contributed by atoms with Gasteiger partial charge < -0.3 is 5.32 Å². The van der Waals surface area contributed by atoms with E-state index in [2.05, 4.69) is 5.32 Å². The molecule has 4 nitrogen and oxygen atoms in total. The normalized spacial score (nSPS) is 21.2. The number of carbonyl (C=O) groups is 1. The molecule has 1 saturated heterocycles. The van der Waals surface area contributed by atoms with Gasteiger partial charge in [-0.2, -0.15) is 0 Å². The zero-order chi connectivity index (χ0) is 10.2. The van der Waals surface area contributed by atoms with Crippen molar-refractivity contribution < 1.29 is 4.79 Å². The van der Waals surface area contributed by atoms with Crippen molar-refractivity contribution >= 4 is 23.2 Å². The van der Waals surface area contributed by atoms with Gasteiger partial charge >= 0.3 is 0 Å². The molecule has 0 aliphatic carbocycles. The molecule has 1 heterocycles. The molecule has 0 saturated carbocycles. The molecule has 0 aromatic heterocycles. The SMILES string of the molecule is CC(C)(C)/C=C1\NC(=S)N(N)C1=O. The molecular weight excluding hydrogens is 186 g/mol. The van der Waals surface area contributed by atoms with Crippen LogP contribution in [0.4, 0.5) is 0 Å². The molecule has 0 aromatic carbocycles. The van der Waals surface area contributed by atoms with Crippen LogP contribution < -0.4 is 11.2 Å². The van der Waals surface area contributed by atoms with Crippen molar-refractivity contribution in [2.45, 2.75) is 20.8 Å². The summed E-state index contributed by atoms with van der Waals surface area (Å²) in [6, 6.07) is 0. The first-order chi connectivity index (χ1) is 5.81. The number of nitrogens with zero attached hydrogens (tertiary/aromatic N) is 1. The molecule has 72 valence electrons. The highest BCUT2D eigenvalue weighted by atomic mass is 32.1. The Morgan fingerprint density at radius 1 is 1.54 bits per heavy atom. The van der Waals surface area contributed by atoms with Crippen LogP contribution >= 0.6 is 12.2 Å². The predicted octanol–water partition coefficient (Wildman–Crippen LogP) is 0.507. The largest absolute Gasteiger partial charge is 0.327 e. The van der Waals surface area contributed by atoms with Crippen LogP contribution in [0.3, 0.4) is 0 Å². The average molecular weight is 199 g/mol. The fourth-order valence-electron chi connectivity index (χ4n) is 0.982. The summed E-state index contributed by atoms with van der Waals surface area (Å²) in [7, 11) is 0. The molecule has 3 N–H and O–H groups in total. The lowest BCUT2D eigenvalue weighted by molar-refractivity contribution is -0.122. The Balaban J connectivity index is 2.92. The van der Waals surface area contributed by atoms with E-state index in [0.29, 0.717) is 5.70 Å². The molecule has 0 unspecified atom stereocenters. The highest BCUT2D eigenvalue weighted by Crippen LogP contribution is 2.19. The molecule has 1 rings (SSSR count). The Morgan fingerprint density at radius 3 is 2.38 bits per heavy atom. The summed E-state index contributed by atoms with van der Waals surface area (Å²) >= 11 is 4.81. The molecule has 0 radical (unpaired) electrons. The molecule has 0 bridgehead atoms. The lowest BCUT2D eigenvalue weighted by Crippen LogP contribution is -2.36. The van der Waals surface area contributed by atoms with Crippen LogP contribution in [0.25, 0.3) is 0 Å². The van der Waals surface area contributed by atoms with E-state index in [0.717, 1.165) is 5.01 Å². The number of hydrogen-bond donors (Lipinski definition) is 2. The first kappa shape index (κ1) is 10.1. The van der Waals surface area contributed by atoms with E-state index >= 15 is 0 Å². The molecule has 1 aliphatic rings. The Morgan fingerprint density at radius 2 is 2.08 bits per heavy atom. The summed E-state index contributed by atoms with van der Waals surface area (Å²) in [6.07, 6.45) is 1.81. The number of hydrogen-bond acceptors (Lipinski definition) is 3. The Kier molecular flexibility index (Phi) is 2.40. The minimum atomic E-state index is -0.278. The van der Waals surface area contributed by atoms with Gasteiger partial charge in [-0.15, -0.1) is 0 Å². The van der Waals surface area contributed by atoms with E-state index in [-0.39, 0.29) is 16.4 Å². The maximum atomic E-state index is 11.4. The van der Waals surface area contributed by atoms with Crippen LogP contribution in [0.1, 0.15) is 20.8 Å². The van der Waals surface area contributed by atoms with Gasteiger partial charge in [0.05, 0.1) is 0 Å². The summed E-state index contributed by atoms with van der Waals surface area (Å²) in [6.45, 7) is 5.99. The zero-order valence-corrected chi connectivity index (χ0v) is 8.73. The van der Waals surface area contributed by atoms with Gasteiger partial charge in [-0.25, -0.2) is 10.9 Å². The molecule has 1 fully saturated rings. The van der Waals surface area contributed by atoms with Crippen molar-refractivity contribution in [2.24, 2.45) is 11.3 Å². The number of thiocarbonyl (C=S) groups is 1. The molecule has 1 aliphatic heterocycles. The Bertz CT molecular complexity index is 290. The fourth-order valence-corrected chi connectivity index (χ4v) is 1.17. The second kappa shape index (κ2) is 3.08. The zero-order valence-electron chi connectivity index (χ0n) is 7.92. The third kappa shape index (κ3) is 2.26. The summed E-state index contributed by atoms with van der Waals surface area (Å²) in [5.74, 6) is 5.09. The van der Waals surface area contributed by atoms with Crippen molar-refractivity contribution in [1.29, 1.82) is 0 Å². The van der Waals surface area contributed by atoms with Gasteiger partial charge in [-0.1, -0.05) is 20.8 Å². The van der Waals surface area contributed by atoms with Gasteiger partial charge in [0.1, 0.15) is 5.70 Å². The minimum Gasteiger partial charge on any atom is -0.327 e. The lowest BCUT2D eigenvalue weighted by atomic mass is 9.95. The summed E-state index contributed by atoms with van der Waals surface area (Å²) in [4.78, 5) is 11.4. The highest BCUT2D eigenvalue weighted by molar-refractivity contribution is 7.80. The monoisotopic (exact) mass is 199 g/mol. The third-order valence-electron chi connectivity index (χ3n) is 1.49. The number of carbonyl (C=O) groups excluding carboxylic acids is 1.